The number of fused-ring (bicyclic) bond motifs is 1. The number of aryl methyl sites for hydroxylation is 2. The number of hydrogen-bond acceptors (Lipinski definition) is 7. The van der Waals surface area contributed by atoms with Crippen LogP contribution in [0.3, 0.4) is 0 Å². The molecule has 1 aliphatic heterocycles. The van der Waals surface area contributed by atoms with E-state index in [0.717, 1.165) is 9.75 Å². The van der Waals surface area contributed by atoms with Crippen molar-refractivity contribution in [2.24, 2.45) is 0 Å². The third-order valence-electron chi connectivity index (χ3n) is 3.96. The molecular weight excluding hydrogens is 354 g/mol. The maximum Gasteiger partial charge on any atom is 0.269 e. The summed E-state index contributed by atoms with van der Waals surface area (Å²) < 4.78 is 16.9. The van der Waals surface area contributed by atoms with E-state index in [9.17, 15) is 4.79 Å². The van der Waals surface area contributed by atoms with Crippen LogP contribution in [0.1, 0.15) is 17.7 Å². The fourth-order valence-electron chi connectivity index (χ4n) is 2.57. The van der Waals surface area contributed by atoms with Crippen molar-refractivity contribution in [2.75, 3.05) is 11.9 Å². The Bertz CT molecular complexity index is 950. The first-order valence-electron chi connectivity index (χ1n) is 8.26. The van der Waals surface area contributed by atoms with Gasteiger partial charge in [0, 0.05) is 11.3 Å². The van der Waals surface area contributed by atoms with Crippen molar-refractivity contribution in [3.05, 3.63) is 41.1 Å². The number of hydrogen-bond donors (Lipinski definition) is 1. The van der Waals surface area contributed by atoms with E-state index >= 15 is 0 Å². The average molecular weight is 371 g/mol. The number of para-hydroxylation sites is 2. The number of anilines is 1. The molecule has 3 aromatic rings. The average Bonchev–Trinajstić information content (AvgIpc) is 3.28. The Morgan fingerprint density at radius 1 is 1.31 bits per heavy atom. The van der Waals surface area contributed by atoms with Crippen molar-refractivity contribution in [2.45, 2.75) is 26.4 Å². The van der Waals surface area contributed by atoms with Gasteiger partial charge in [-0.2, -0.15) is 0 Å². The van der Waals surface area contributed by atoms with Crippen molar-refractivity contribution in [1.29, 1.82) is 0 Å². The van der Waals surface area contributed by atoms with Crippen LogP contribution in [-0.4, -0.2) is 28.8 Å². The molecule has 1 amide bonds. The van der Waals surface area contributed by atoms with E-state index in [4.69, 9.17) is 13.9 Å². The van der Waals surface area contributed by atoms with E-state index in [1.165, 1.54) is 11.3 Å². The van der Waals surface area contributed by atoms with Gasteiger partial charge in [-0.05, 0) is 25.1 Å². The Labute approximate surface area is 154 Å². The summed E-state index contributed by atoms with van der Waals surface area (Å²) in [4.78, 5) is 14.3. The van der Waals surface area contributed by atoms with Crippen molar-refractivity contribution in [1.82, 2.24) is 10.2 Å². The molecule has 1 aliphatic rings. The molecule has 0 bridgehead atoms. The molecule has 1 unspecified atom stereocenters. The normalized spacial score (nSPS) is 15.7. The topological polar surface area (TPSA) is 86.5 Å². The zero-order valence-electron chi connectivity index (χ0n) is 14.3. The monoisotopic (exact) mass is 371 g/mol. The zero-order valence-corrected chi connectivity index (χ0v) is 15.1. The van der Waals surface area contributed by atoms with E-state index in [-0.39, 0.29) is 12.5 Å². The Kier molecular flexibility index (Phi) is 4.34. The van der Waals surface area contributed by atoms with Gasteiger partial charge in [0.05, 0.1) is 10.6 Å². The van der Waals surface area contributed by atoms with E-state index in [2.05, 4.69) is 15.5 Å². The number of benzene rings is 1. The molecule has 0 saturated heterocycles. The summed E-state index contributed by atoms with van der Waals surface area (Å²) in [7, 11) is 0. The van der Waals surface area contributed by atoms with Crippen molar-refractivity contribution >= 4 is 22.9 Å². The molecule has 0 spiro atoms. The Balaban J connectivity index is 1.48. The van der Waals surface area contributed by atoms with Crippen LogP contribution < -0.4 is 14.8 Å². The molecule has 0 fully saturated rings. The number of thiophene rings is 1. The van der Waals surface area contributed by atoms with Gasteiger partial charge in [-0.15, -0.1) is 21.5 Å². The first kappa shape index (κ1) is 16.6. The number of carbonyl (C=O) groups excluding carboxylic acids is 1. The largest absolute Gasteiger partial charge is 0.485 e. The standard InChI is InChI=1S/C18H17N3O4S/c1-3-16-20-21-18(25-16)15-8-11(10(2)26-15)19-17(22)14-9-23-12-6-4-5-7-13(12)24-14/h4-8,14H,3,9H2,1-2H3,(H,19,22). The lowest BCUT2D eigenvalue weighted by Gasteiger charge is -2.25. The van der Waals surface area contributed by atoms with Gasteiger partial charge in [-0.25, -0.2) is 0 Å². The van der Waals surface area contributed by atoms with Crippen LogP contribution in [0.25, 0.3) is 10.8 Å². The predicted molar refractivity (Wildman–Crippen MR) is 96.7 cm³/mol. The van der Waals surface area contributed by atoms with Crippen molar-refractivity contribution < 1.29 is 18.7 Å². The summed E-state index contributed by atoms with van der Waals surface area (Å²) >= 11 is 1.49. The minimum atomic E-state index is -0.706. The van der Waals surface area contributed by atoms with Crippen LogP contribution in [-0.2, 0) is 11.2 Å². The number of aromatic nitrogens is 2. The first-order valence-corrected chi connectivity index (χ1v) is 9.08. The Hall–Kier alpha value is -2.87. The Morgan fingerprint density at radius 2 is 2.12 bits per heavy atom. The van der Waals surface area contributed by atoms with Crippen LogP contribution in [0.5, 0.6) is 11.5 Å². The third kappa shape index (κ3) is 3.15. The number of carbonyl (C=O) groups is 1. The molecule has 3 heterocycles. The Morgan fingerprint density at radius 3 is 2.88 bits per heavy atom. The summed E-state index contributed by atoms with van der Waals surface area (Å²) in [5.74, 6) is 2.00. The lowest BCUT2D eigenvalue weighted by molar-refractivity contribution is -0.125. The molecule has 4 rings (SSSR count). The number of nitrogens with one attached hydrogen (secondary N) is 1. The second-order valence-electron chi connectivity index (χ2n) is 5.79. The second-order valence-corrected chi connectivity index (χ2v) is 7.04. The van der Waals surface area contributed by atoms with Crippen LogP contribution >= 0.6 is 11.3 Å². The van der Waals surface area contributed by atoms with Gasteiger partial charge in [-0.3, -0.25) is 4.79 Å². The number of nitrogens with zero attached hydrogens (tertiary/aromatic N) is 2. The predicted octanol–water partition coefficient (Wildman–Crippen LogP) is 3.45. The molecule has 8 heteroatoms. The lowest BCUT2D eigenvalue weighted by Crippen LogP contribution is -2.40. The molecule has 0 saturated carbocycles. The van der Waals surface area contributed by atoms with Gasteiger partial charge < -0.3 is 19.2 Å². The highest BCUT2D eigenvalue weighted by molar-refractivity contribution is 7.15. The fourth-order valence-corrected chi connectivity index (χ4v) is 3.47. The smallest absolute Gasteiger partial charge is 0.269 e. The van der Waals surface area contributed by atoms with Gasteiger partial charge >= 0.3 is 0 Å². The molecule has 0 aliphatic carbocycles. The summed E-state index contributed by atoms with van der Waals surface area (Å²) in [5.41, 5.74) is 0.703. The molecule has 0 radical (unpaired) electrons. The molecular formula is C18H17N3O4S. The second kappa shape index (κ2) is 6.80. The first-order chi connectivity index (χ1) is 12.6. The van der Waals surface area contributed by atoms with Gasteiger partial charge in [-0.1, -0.05) is 19.1 Å². The molecule has 26 heavy (non-hydrogen) atoms. The van der Waals surface area contributed by atoms with E-state index < -0.39 is 6.10 Å². The lowest BCUT2D eigenvalue weighted by atomic mass is 10.2. The maximum absolute atomic E-state index is 12.6. The maximum atomic E-state index is 12.6. The quantitative estimate of drug-likeness (QED) is 0.756. The SMILES string of the molecule is CCc1nnc(-c2cc(NC(=O)C3COc4ccccc4O3)c(C)s2)o1. The summed E-state index contributed by atoms with van der Waals surface area (Å²) in [5, 5.41) is 10.9. The van der Waals surface area contributed by atoms with Crippen LogP contribution in [0.2, 0.25) is 0 Å². The summed E-state index contributed by atoms with van der Waals surface area (Å²) in [6.45, 7) is 4.05. The van der Waals surface area contributed by atoms with E-state index in [0.29, 0.717) is 35.4 Å². The van der Waals surface area contributed by atoms with Crippen LogP contribution in [0.4, 0.5) is 5.69 Å². The molecule has 7 nitrogen and oxygen atoms in total. The molecule has 1 aromatic carbocycles. The molecule has 2 aromatic heterocycles. The number of amides is 1. The van der Waals surface area contributed by atoms with Crippen molar-refractivity contribution in [3.8, 4) is 22.3 Å². The van der Waals surface area contributed by atoms with Gasteiger partial charge in [0.2, 0.25) is 12.0 Å². The van der Waals surface area contributed by atoms with Crippen molar-refractivity contribution in [3.63, 3.8) is 0 Å². The fraction of sp³-hybridized carbons (Fsp3) is 0.278. The van der Waals surface area contributed by atoms with Gasteiger partial charge in [0.25, 0.3) is 11.8 Å². The molecule has 1 N–H and O–H groups in total. The third-order valence-corrected chi connectivity index (χ3v) is 5.00. The highest BCUT2D eigenvalue weighted by atomic mass is 32.1. The highest BCUT2D eigenvalue weighted by Crippen LogP contribution is 2.35. The minimum Gasteiger partial charge on any atom is -0.485 e. The zero-order chi connectivity index (χ0) is 18.1. The van der Waals surface area contributed by atoms with Gasteiger partial charge in [0.15, 0.2) is 11.5 Å². The van der Waals surface area contributed by atoms with E-state index in [1.807, 2.05) is 38.1 Å². The summed E-state index contributed by atoms with van der Waals surface area (Å²) in [6.07, 6.45) is -0.0238. The van der Waals surface area contributed by atoms with Gasteiger partial charge in [0.1, 0.15) is 6.61 Å². The highest BCUT2D eigenvalue weighted by Gasteiger charge is 2.28. The number of rotatable bonds is 4. The van der Waals surface area contributed by atoms with Crippen LogP contribution in [0.15, 0.2) is 34.7 Å². The minimum absolute atomic E-state index is 0.169. The van der Waals surface area contributed by atoms with E-state index in [1.54, 1.807) is 6.07 Å². The summed E-state index contributed by atoms with van der Waals surface area (Å²) in [6, 6.07) is 9.13. The number of ether oxygens (including phenoxy) is 2. The molecule has 134 valence electrons. The molecule has 1 atom stereocenters. The van der Waals surface area contributed by atoms with Crippen LogP contribution in [0, 0.1) is 6.92 Å².